The second kappa shape index (κ2) is 6.38. The average molecular weight is 369 g/mol. The maximum absolute atomic E-state index is 12.8. The van der Waals surface area contributed by atoms with Crippen molar-refractivity contribution in [1.29, 1.82) is 0 Å². The van der Waals surface area contributed by atoms with E-state index in [0.29, 0.717) is 36.9 Å². The van der Waals surface area contributed by atoms with Crippen molar-refractivity contribution in [1.82, 2.24) is 14.1 Å². The molecule has 0 unspecified atom stereocenters. The van der Waals surface area contributed by atoms with E-state index in [1.807, 2.05) is 25.1 Å². The highest BCUT2D eigenvalue weighted by atomic mass is 35.5. The second-order valence-electron chi connectivity index (χ2n) is 6.07. The fraction of sp³-hybridized carbons (Fsp3) is 0.438. The standard InChI is InChI=1S/C16H21ClN4O2S/c1-12-4-5-14(17)10-15(12)20-6-8-21(9-7-20)24(22,23)16-11-19(3)18-13(16)2/h4-5,10-11H,6-9H2,1-3H3. The van der Waals surface area contributed by atoms with E-state index in [0.717, 1.165) is 11.3 Å². The number of aryl methyl sites for hydroxylation is 3. The van der Waals surface area contributed by atoms with Gasteiger partial charge in [-0.25, -0.2) is 8.42 Å². The lowest BCUT2D eigenvalue weighted by Crippen LogP contribution is -2.48. The monoisotopic (exact) mass is 368 g/mol. The van der Waals surface area contributed by atoms with Crippen LogP contribution >= 0.6 is 11.6 Å². The molecule has 130 valence electrons. The maximum Gasteiger partial charge on any atom is 0.246 e. The lowest BCUT2D eigenvalue weighted by atomic mass is 10.1. The molecule has 0 atom stereocenters. The third-order valence-electron chi connectivity index (χ3n) is 4.34. The Bertz CT molecular complexity index is 855. The molecule has 1 aromatic carbocycles. The summed E-state index contributed by atoms with van der Waals surface area (Å²) in [5.74, 6) is 0. The van der Waals surface area contributed by atoms with Gasteiger partial charge in [0.1, 0.15) is 4.90 Å². The maximum atomic E-state index is 12.8. The number of piperazine rings is 1. The van der Waals surface area contributed by atoms with Crippen LogP contribution in [0.1, 0.15) is 11.3 Å². The number of hydrogen-bond acceptors (Lipinski definition) is 4. The molecule has 3 rings (SSSR count). The van der Waals surface area contributed by atoms with Crippen molar-refractivity contribution in [2.75, 3.05) is 31.1 Å². The highest BCUT2D eigenvalue weighted by Gasteiger charge is 2.31. The predicted molar refractivity (Wildman–Crippen MR) is 95.1 cm³/mol. The average Bonchev–Trinajstić information content (AvgIpc) is 2.89. The third-order valence-corrected chi connectivity index (χ3v) is 6.57. The van der Waals surface area contributed by atoms with Gasteiger partial charge >= 0.3 is 0 Å². The number of halogens is 1. The molecule has 1 fully saturated rings. The molecule has 1 aliphatic rings. The van der Waals surface area contributed by atoms with Crippen LogP contribution in [0.5, 0.6) is 0 Å². The second-order valence-corrected chi connectivity index (χ2v) is 8.42. The smallest absolute Gasteiger partial charge is 0.246 e. The summed E-state index contributed by atoms with van der Waals surface area (Å²) in [5, 5.41) is 4.83. The number of benzene rings is 1. The van der Waals surface area contributed by atoms with Crippen molar-refractivity contribution in [3.63, 3.8) is 0 Å². The van der Waals surface area contributed by atoms with Crippen molar-refractivity contribution in [2.45, 2.75) is 18.7 Å². The number of aromatic nitrogens is 2. The van der Waals surface area contributed by atoms with Gasteiger partial charge in [-0.15, -0.1) is 0 Å². The molecule has 8 heteroatoms. The van der Waals surface area contributed by atoms with Gasteiger partial charge in [-0.05, 0) is 31.5 Å². The van der Waals surface area contributed by atoms with Crippen molar-refractivity contribution < 1.29 is 8.42 Å². The van der Waals surface area contributed by atoms with E-state index in [-0.39, 0.29) is 4.90 Å². The van der Waals surface area contributed by atoms with Gasteiger partial charge in [0.25, 0.3) is 0 Å². The van der Waals surface area contributed by atoms with Crippen LogP contribution < -0.4 is 4.90 Å². The Morgan fingerprint density at radius 2 is 1.79 bits per heavy atom. The number of anilines is 1. The molecule has 0 spiro atoms. The molecule has 1 saturated heterocycles. The van der Waals surface area contributed by atoms with Crippen molar-refractivity contribution >= 4 is 27.3 Å². The summed E-state index contributed by atoms with van der Waals surface area (Å²) in [5.41, 5.74) is 2.74. The molecule has 2 heterocycles. The first-order valence-electron chi connectivity index (χ1n) is 7.80. The summed E-state index contributed by atoms with van der Waals surface area (Å²) in [6.07, 6.45) is 1.57. The van der Waals surface area contributed by atoms with Crippen LogP contribution in [0.3, 0.4) is 0 Å². The van der Waals surface area contributed by atoms with E-state index < -0.39 is 10.0 Å². The summed E-state index contributed by atoms with van der Waals surface area (Å²) in [6.45, 7) is 5.93. The molecular weight excluding hydrogens is 348 g/mol. The zero-order chi connectivity index (χ0) is 17.5. The van der Waals surface area contributed by atoms with Gasteiger partial charge in [0.2, 0.25) is 10.0 Å². The molecule has 0 N–H and O–H groups in total. The van der Waals surface area contributed by atoms with Gasteiger partial charge < -0.3 is 4.90 Å². The molecule has 24 heavy (non-hydrogen) atoms. The van der Waals surface area contributed by atoms with E-state index in [4.69, 9.17) is 11.6 Å². The van der Waals surface area contributed by atoms with E-state index in [9.17, 15) is 8.42 Å². The van der Waals surface area contributed by atoms with E-state index >= 15 is 0 Å². The minimum absolute atomic E-state index is 0.289. The molecule has 1 aromatic heterocycles. The normalized spacial score (nSPS) is 16.6. The van der Waals surface area contributed by atoms with E-state index in [2.05, 4.69) is 10.00 Å². The first kappa shape index (κ1) is 17.3. The third kappa shape index (κ3) is 3.16. The quantitative estimate of drug-likeness (QED) is 0.833. The summed E-state index contributed by atoms with van der Waals surface area (Å²) in [7, 11) is -1.77. The first-order valence-corrected chi connectivity index (χ1v) is 9.62. The summed E-state index contributed by atoms with van der Waals surface area (Å²) in [4.78, 5) is 2.47. The predicted octanol–water partition coefficient (Wildman–Crippen LogP) is 2.20. The van der Waals surface area contributed by atoms with Crippen LogP contribution in [-0.4, -0.2) is 48.7 Å². The number of sulfonamides is 1. The fourth-order valence-electron chi connectivity index (χ4n) is 3.06. The first-order chi connectivity index (χ1) is 11.3. The summed E-state index contributed by atoms with van der Waals surface area (Å²) < 4.78 is 28.7. The van der Waals surface area contributed by atoms with E-state index in [1.54, 1.807) is 20.2 Å². The van der Waals surface area contributed by atoms with Crippen LogP contribution in [0.25, 0.3) is 0 Å². The van der Waals surface area contributed by atoms with Gasteiger partial charge in [0.15, 0.2) is 0 Å². The lowest BCUT2D eigenvalue weighted by molar-refractivity contribution is 0.384. The van der Waals surface area contributed by atoms with E-state index in [1.165, 1.54) is 8.99 Å². The van der Waals surface area contributed by atoms with Crippen LogP contribution in [0.4, 0.5) is 5.69 Å². The molecule has 2 aromatic rings. The Morgan fingerprint density at radius 1 is 1.12 bits per heavy atom. The molecule has 1 aliphatic heterocycles. The molecule has 6 nitrogen and oxygen atoms in total. The van der Waals surface area contributed by atoms with Crippen LogP contribution in [0.2, 0.25) is 5.02 Å². The van der Waals surface area contributed by atoms with Crippen LogP contribution in [0.15, 0.2) is 29.3 Å². The van der Waals surface area contributed by atoms with Crippen LogP contribution in [0, 0.1) is 13.8 Å². The molecule has 0 amide bonds. The molecule has 0 aliphatic carbocycles. The highest BCUT2D eigenvalue weighted by molar-refractivity contribution is 7.89. The number of rotatable bonds is 3. The molecule has 0 radical (unpaired) electrons. The molecule has 0 saturated carbocycles. The minimum atomic E-state index is -3.50. The minimum Gasteiger partial charge on any atom is -0.369 e. The molecule has 0 bridgehead atoms. The lowest BCUT2D eigenvalue weighted by Gasteiger charge is -2.36. The van der Waals surface area contributed by atoms with Crippen molar-refractivity contribution in [2.24, 2.45) is 7.05 Å². The number of hydrogen-bond donors (Lipinski definition) is 0. The van der Waals surface area contributed by atoms with Gasteiger partial charge in [0.05, 0.1) is 5.69 Å². The highest BCUT2D eigenvalue weighted by Crippen LogP contribution is 2.27. The fourth-order valence-corrected chi connectivity index (χ4v) is 4.85. The SMILES string of the molecule is Cc1ccc(Cl)cc1N1CCN(S(=O)(=O)c2cn(C)nc2C)CC1. The van der Waals surface area contributed by atoms with Crippen molar-refractivity contribution in [3.8, 4) is 0 Å². The Hall–Kier alpha value is -1.57. The zero-order valence-corrected chi connectivity index (χ0v) is 15.6. The Kier molecular flexibility index (Phi) is 4.59. The largest absolute Gasteiger partial charge is 0.369 e. The van der Waals surface area contributed by atoms with Gasteiger partial charge in [0, 0.05) is 50.1 Å². The van der Waals surface area contributed by atoms with Gasteiger partial charge in [-0.3, -0.25) is 4.68 Å². The zero-order valence-electron chi connectivity index (χ0n) is 14.0. The van der Waals surface area contributed by atoms with Crippen molar-refractivity contribution in [3.05, 3.63) is 40.7 Å². The van der Waals surface area contributed by atoms with Gasteiger partial charge in [-0.1, -0.05) is 17.7 Å². The topological polar surface area (TPSA) is 58.4 Å². The molecular formula is C16H21ClN4O2S. The Morgan fingerprint density at radius 3 is 2.38 bits per heavy atom. The Balaban J connectivity index is 1.77. The van der Waals surface area contributed by atoms with Gasteiger partial charge in [-0.2, -0.15) is 9.40 Å². The summed E-state index contributed by atoms with van der Waals surface area (Å²) >= 11 is 6.09. The Labute approximate surface area is 147 Å². The van der Waals surface area contributed by atoms with Crippen LogP contribution in [-0.2, 0) is 17.1 Å². The summed E-state index contributed by atoms with van der Waals surface area (Å²) in [6, 6.07) is 5.79. The number of nitrogens with zero attached hydrogens (tertiary/aromatic N) is 4.